The highest BCUT2D eigenvalue weighted by Crippen LogP contribution is 2.27. The fraction of sp³-hybridized carbons (Fsp3) is 0.786. The number of carbonyl (C=O) groups is 1. The van der Waals surface area contributed by atoms with Crippen molar-refractivity contribution in [2.24, 2.45) is 11.3 Å². The molecule has 4 nitrogen and oxygen atoms in total. The van der Waals surface area contributed by atoms with Crippen LogP contribution in [0, 0.1) is 11.3 Å². The van der Waals surface area contributed by atoms with Crippen LogP contribution >= 0.6 is 11.8 Å². The zero-order valence-corrected chi connectivity index (χ0v) is 12.8. The maximum atomic E-state index is 11.8. The number of carbonyl (C=O) groups excluding carboxylic acids is 1. The number of Topliss-reactive ketones (excluding diaryl/α,β-unsaturated/α-hetero) is 1. The Morgan fingerprint density at radius 2 is 2.05 bits per heavy atom. The standard InChI is InChI=1S/C14H23N3OS/c1-14(2,3)11(18)9-19-13-15-12(16-17-13)8-10-6-4-5-7-10/h10H,4-9H2,1-3H3,(H,15,16,17). The maximum absolute atomic E-state index is 11.8. The molecule has 1 aliphatic rings. The number of hydrogen-bond acceptors (Lipinski definition) is 4. The van der Waals surface area contributed by atoms with Crippen LogP contribution in [0.3, 0.4) is 0 Å². The van der Waals surface area contributed by atoms with Gasteiger partial charge in [-0.2, -0.15) is 0 Å². The Kier molecular flexibility index (Phi) is 4.66. The summed E-state index contributed by atoms with van der Waals surface area (Å²) in [6, 6.07) is 0. The van der Waals surface area contributed by atoms with Crippen LogP contribution in [0.15, 0.2) is 5.16 Å². The SMILES string of the molecule is CC(C)(C)C(=O)CSc1n[nH]c(CC2CCCC2)n1. The summed E-state index contributed by atoms with van der Waals surface area (Å²) in [5, 5.41) is 7.89. The lowest BCUT2D eigenvalue weighted by atomic mass is 9.92. The lowest BCUT2D eigenvalue weighted by molar-refractivity contribution is -0.123. The minimum atomic E-state index is -0.282. The number of H-pyrrole nitrogens is 1. The van der Waals surface area contributed by atoms with Gasteiger partial charge >= 0.3 is 0 Å². The van der Waals surface area contributed by atoms with Gasteiger partial charge in [0, 0.05) is 11.8 Å². The second kappa shape index (κ2) is 6.07. The molecule has 0 unspecified atom stereocenters. The number of aromatic nitrogens is 3. The number of thioether (sulfide) groups is 1. The Morgan fingerprint density at radius 3 is 2.68 bits per heavy atom. The summed E-state index contributed by atoms with van der Waals surface area (Å²) in [5.74, 6) is 2.42. The minimum absolute atomic E-state index is 0.236. The molecule has 0 amide bonds. The van der Waals surface area contributed by atoms with Gasteiger partial charge in [0.25, 0.3) is 0 Å². The van der Waals surface area contributed by atoms with Crippen molar-refractivity contribution in [3.05, 3.63) is 5.82 Å². The lowest BCUT2D eigenvalue weighted by Gasteiger charge is -2.15. The first-order valence-electron chi connectivity index (χ1n) is 7.02. The van der Waals surface area contributed by atoms with Gasteiger partial charge in [-0.25, -0.2) is 4.98 Å². The molecule has 1 heterocycles. The summed E-state index contributed by atoms with van der Waals surface area (Å²) in [6.45, 7) is 5.83. The zero-order valence-electron chi connectivity index (χ0n) is 12.0. The van der Waals surface area contributed by atoms with Crippen molar-refractivity contribution in [1.29, 1.82) is 0 Å². The Labute approximate surface area is 119 Å². The number of ketones is 1. The van der Waals surface area contributed by atoms with E-state index in [1.165, 1.54) is 37.4 Å². The molecule has 1 N–H and O–H groups in total. The van der Waals surface area contributed by atoms with E-state index in [9.17, 15) is 4.79 Å². The van der Waals surface area contributed by atoms with E-state index in [2.05, 4.69) is 15.2 Å². The van der Waals surface area contributed by atoms with E-state index in [1.807, 2.05) is 20.8 Å². The first-order valence-corrected chi connectivity index (χ1v) is 8.01. The van der Waals surface area contributed by atoms with Gasteiger partial charge in [0.15, 0.2) is 0 Å². The maximum Gasteiger partial charge on any atom is 0.208 e. The van der Waals surface area contributed by atoms with Gasteiger partial charge in [-0.1, -0.05) is 58.2 Å². The van der Waals surface area contributed by atoms with E-state index in [-0.39, 0.29) is 11.2 Å². The molecule has 0 saturated heterocycles. The average Bonchev–Trinajstić information content (AvgIpc) is 2.97. The average molecular weight is 281 g/mol. The van der Waals surface area contributed by atoms with Crippen LogP contribution in [-0.4, -0.2) is 26.7 Å². The molecule has 0 atom stereocenters. The van der Waals surface area contributed by atoms with Crippen LogP contribution in [-0.2, 0) is 11.2 Å². The predicted octanol–water partition coefficient (Wildman–Crippen LogP) is 3.24. The van der Waals surface area contributed by atoms with Crippen molar-refractivity contribution < 1.29 is 4.79 Å². The summed E-state index contributed by atoms with van der Waals surface area (Å²) in [4.78, 5) is 16.3. The fourth-order valence-corrected chi connectivity index (χ4v) is 3.25. The van der Waals surface area contributed by atoms with Gasteiger partial charge in [0.2, 0.25) is 5.16 Å². The molecule has 0 spiro atoms. The Hall–Kier alpha value is -0.840. The van der Waals surface area contributed by atoms with E-state index in [0.717, 1.165) is 18.2 Å². The quantitative estimate of drug-likeness (QED) is 0.842. The van der Waals surface area contributed by atoms with Gasteiger partial charge < -0.3 is 0 Å². The first-order chi connectivity index (χ1) is 8.95. The van der Waals surface area contributed by atoms with Crippen molar-refractivity contribution in [1.82, 2.24) is 15.2 Å². The Bertz CT molecular complexity index is 430. The summed E-state index contributed by atoms with van der Waals surface area (Å²) in [7, 11) is 0. The van der Waals surface area contributed by atoms with Gasteiger partial charge in [-0.05, 0) is 5.92 Å². The normalized spacial score (nSPS) is 17.0. The molecule has 1 aromatic rings. The molecule has 1 saturated carbocycles. The molecule has 106 valence electrons. The molecular formula is C14H23N3OS. The molecule has 19 heavy (non-hydrogen) atoms. The molecule has 1 aliphatic carbocycles. The van der Waals surface area contributed by atoms with Crippen LogP contribution in [0.4, 0.5) is 0 Å². The zero-order chi connectivity index (χ0) is 13.9. The van der Waals surface area contributed by atoms with Crippen LogP contribution < -0.4 is 0 Å². The Morgan fingerprint density at radius 1 is 1.37 bits per heavy atom. The van der Waals surface area contributed by atoms with Crippen LogP contribution in [0.2, 0.25) is 0 Å². The monoisotopic (exact) mass is 281 g/mol. The number of nitrogens with zero attached hydrogens (tertiary/aromatic N) is 2. The van der Waals surface area contributed by atoms with Crippen LogP contribution in [0.1, 0.15) is 52.3 Å². The first kappa shape index (κ1) is 14.6. The smallest absolute Gasteiger partial charge is 0.208 e. The second-order valence-corrected chi connectivity index (χ2v) is 7.32. The van der Waals surface area contributed by atoms with Crippen molar-refractivity contribution in [2.45, 2.75) is 58.0 Å². The molecule has 5 heteroatoms. The van der Waals surface area contributed by atoms with Gasteiger partial charge in [0.05, 0.1) is 5.75 Å². The minimum Gasteiger partial charge on any atom is -0.298 e. The van der Waals surface area contributed by atoms with E-state index < -0.39 is 0 Å². The molecule has 2 rings (SSSR count). The molecule has 1 fully saturated rings. The molecule has 0 bridgehead atoms. The summed E-state index contributed by atoms with van der Waals surface area (Å²) >= 11 is 1.43. The molecule has 0 aliphatic heterocycles. The number of nitrogens with one attached hydrogen (secondary N) is 1. The van der Waals surface area contributed by atoms with Crippen LogP contribution in [0.5, 0.6) is 0 Å². The molecule has 0 aromatic carbocycles. The van der Waals surface area contributed by atoms with Crippen molar-refractivity contribution in [3.63, 3.8) is 0 Å². The van der Waals surface area contributed by atoms with E-state index in [4.69, 9.17) is 0 Å². The van der Waals surface area contributed by atoms with Crippen molar-refractivity contribution in [2.75, 3.05) is 5.75 Å². The van der Waals surface area contributed by atoms with E-state index in [1.54, 1.807) is 0 Å². The summed E-state index contributed by atoms with van der Waals surface area (Å²) in [6.07, 6.45) is 6.32. The highest BCUT2D eigenvalue weighted by atomic mass is 32.2. The third-order valence-electron chi connectivity index (χ3n) is 3.64. The largest absolute Gasteiger partial charge is 0.298 e. The van der Waals surface area contributed by atoms with E-state index >= 15 is 0 Å². The third-order valence-corrected chi connectivity index (χ3v) is 4.48. The second-order valence-electron chi connectivity index (χ2n) is 6.38. The lowest BCUT2D eigenvalue weighted by Crippen LogP contribution is -2.22. The van der Waals surface area contributed by atoms with Crippen molar-refractivity contribution in [3.8, 4) is 0 Å². The van der Waals surface area contributed by atoms with E-state index in [0.29, 0.717) is 10.9 Å². The summed E-state index contributed by atoms with van der Waals surface area (Å²) in [5.41, 5.74) is -0.282. The number of rotatable bonds is 5. The highest BCUT2D eigenvalue weighted by molar-refractivity contribution is 7.99. The number of aromatic amines is 1. The highest BCUT2D eigenvalue weighted by Gasteiger charge is 2.22. The van der Waals surface area contributed by atoms with Crippen LogP contribution in [0.25, 0.3) is 0 Å². The Balaban J connectivity index is 1.82. The predicted molar refractivity (Wildman–Crippen MR) is 77.2 cm³/mol. The van der Waals surface area contributed by atoms with Gasteiger partial charge in [-0.3, -0.25) is 9.89 Å². The topological polar surface area (TPSA) is 58.6 Å². The van der Waals surface area contributed by atoms with Crippen molar-refractivity contribution >= 4 is 17.5 Å². The molecule has 0 radical (unpaired) electrons. The summed E-state index contributed by atoms with van der Waals surface area (Å²) < 4.78 is 0. The third kappa shape index (κ3) is 4.34. The van der Waals surface area contributed by atoms with Gasteiger partial charge in [-0.15, -0.1) is 5.10 Å². The fourth-order valence-electron chi connectivity index (χ4n) is 2.27. The molecular weight excluding hydrogens is 258 g/mol. The van der Waals surface area contributed by atoms with Gasteiger partial charge in [0.1, 0.15) is 11.6 Å². The molecule has 1 aromatic heterocycles. The number of hydrogen-bond donors (Lipinski definition) is 1.